The summed E-state index contributed by atoms with van der Waals surface area (Å²) in [6.45, 7) is 3.23. The van der Waals surface area contributed by atoms with Crippen molar-refractivity contribution in [2.45, 2.75) is 32.1 Å². The zero-order chi connectivity index (χ0) is 11.2. The maximum Gasteiger partial charge on any atom is 0.0366 e. The summed E-state index contributed by atoms with van der Waals surface area (Å²) in [6, 6.07) is 9.02. The molecule has 1 heterocycles. The van der Waals surface area contributed by atoms with Gasteiger partial charge in [-0.3, -0.25) is 0 Å². The number of anilines is 1. The molecule has 0 aromatic heterocycles. The number of piperidine rings is 1. The zero-order valence-electron chi connectivity index (χ0n) is 10.8. The molecule has 1 fully saturated rings. The minimum Gasteiger partial charge on any atom is -0.372 e. The fourth-order valence-corrected chi connectivity index (χ4v) is 2.33. The van der Waals surface area contributed by atoms with Crippen molar-refractivity contribution in [2.75, 3.05) is 24.5 Å². The molecule has 1 aromatic rings. The van der Waals surface area contributed by atoms with Crippen LogP contribution in [0.25, 0.3) is 0 Å². The lowest BCUT2D eigenvalue weighted by molar-refractivity contribution is 0.578. The molecule has 0 radical (unpaired) electrons. The Morgan fingerprint density at radius 2 is 1.56 bits per heavy atom. The average molecular weight is 291 g/mol. The first-order chi connectivity index (χ1) is 7.90. The molecule has 0 saturated carbocycles. The Morgan fingerprint density at radius 3 is 2.11 bits per heavy atom. The number of nitrogens with two attached hydrogens (primary N) is 1. The molecule has 18 heavy (non-hydrogen) atoms. The Balaban J connectivity index is 0.00000144. The molecular weight excluding hydrogens is 267 g/mol. The third-order valence-electron chi connectivity index (χ3n) is 3.33. The van der Waals surface area contributed by atoms with Crippen LogP contribution in [0.3, 0.4) is 0 Å². The molecular formula is C14H24Cl2N2. The van der Waals surface area contributed by atoms with Gasteiger partial charge in [0.05, 0.1) is 0 Å². The van der Waals surface area contributed by atoms with E-state index in [1.54, 1.807) is 0 Å². The van der Waals surface area contributed by atoms with E-state index in [1.165, 1.54) is 43.6 Å². The molecule has 2 rings (SSSR count). The van der Waals surface area contributed by atoms with Gasteiger partial charge in [-0.15, -0.1) is 24.8 Å². The van der Waals surface area contributed by atoms with E-state index in [0.29, 0.717) is 0 Å². The Morgan fingerprint density at radius 1 is 0.944 bits per heavy atom. The molecule has 0 amide bonds. The van der Waals surface area contributed by atoms with Gasteiger partial charge in [0.15, 0.2) is 0 Å². The van der Waals surface area contributed by atoms with Crippen molar-refractivity contribution in [3.63, 3.8) is 0 Å². The Hall–Kier alpha value is -0.440. The van der Waals surface area contributed by atoms with Gasteiger partial charge in [0, 0.05) is 18.8 Å². The first-order valence-electron chi connectivity index (χ1n) is 6.44. The molecule has 0 spiro atoms. The number of benzene rings is 1. The maximum absolute atomic E-state index is 5.51. The van der Waals surface area contributed by atoms with Gasteiger partial charge in [0.25, 0.3) is 0 Å². The summed E-state index contributed by atoms with van der Waals surface area (Å²) in [4.78, 5) is 2.50. The van der Waals surface area contributed by atoms with Crippen LogP contribution in [0.15, 0.2) is 24.3 Å². The normalized spacial score (nSPS) is 14.6. The van der Waals surface area contributed by atoms with Crippen LogP contribution < -0.4 is 10.6 Å². The lowest BCUT2D eigenvalue weighted by Crippen LogP contribution is -2.29. The predicted octanol–water partition coefficient (Wildman–Crippen LogP) is 3.41. The average Bonchev–Trinajstić information content (AvgIpc) is 2.38. The highest BCUT2D eigenvalue weighted by Gasteiger charge is 2.10. The molecule has 1 aliphatic rings. The zero-order valence-corrected chi connectivity index (χ0v) is 12.4. The second-order valence-electron chi connectivity index (χ2n) is 4.61. The monoisotopic (exact) mass is 290 g/mol. The molecule has 1 saturated heterocycles. The van der Waals surface area contributed by atoms with Gasteiger partial charge < -0.3 is 10.6 Å². The number of hydrogen-bond donors (Lipinski definition) is 1. The van der Waals surface area contributed by atoms with Crippen LogP contribution in [-0.4, -0.2) is 19.6 Å². The predicted molar refractivity (Wildman–Crippen MR) is 84.4 cm³/mol. The lowest BCUT2D eigenvalue weighted by Gasteiger charge is -2.28. The highest BCUT2D eigenvalue weighted by Crippen LogP contribution is 2.20. The van der Waals surface area contributed by atoms with Crippen molar-refractivity contribution in [1.82, 2.24) is 0 Å². The van der Waals surface area contributed by atoms with E-state index in [1.807, 2.05) is 0 Å². The van der Waals surface area contributed by atoms with Gasteiger partial charge in [-0.25, -0.2) is 0 Å². The van der Waals surface area contributed by atoms with Gasteiger partial charge in [-0.05, 0) is 56.3 Å². The fraction of sp³-hybridized carbons (Fsp3) is 0.571. The molecule has 2 N–H and O–H groups in total. The van der Waals surface area contributed by atoms with Crippen molar-refractivity contribution in [3.8, 4) is 0 Å². The summed E-state index contributed by atoms with van der Waals surface area (Å²) in [7, 11) is 0. The number of aryl methyl sites for hydroxylation is 1. The summed E-state index contributed by atoms with van der Waals surface area (Å²) < 4.78 is 0. The summed E-state index contributed by atoms with van der Waals surface area (Å²) in [5, 5.41) is 0. The van der Waals surface area contributed by atoms with Crippen LogP contribution >= 0.6 is 24.8 Å². The molecule has 0 atom stereocenters. The van der Waals surface area contributed by atoms with Gasteiger partial charge in [0.2, 0.25) is 0 Å². The van der Waals surface area contributed by atoms with Crippen LogP contribution in [0.4, 0.5) is 5.69 Å². The topological polar surface area (TPSA) is 29.3 Å². The van der Waals surface area contributed by atoms with Gasteiger partial charge in [0.1, 0.15) is 0 Å². The minimum atomic E-state index is 0. The SMILES string of the molecule is Cl.Cl.NCCCc1ccc(N2CCCCC2)cc1. The van der Waals surface area contributed by atoms with E-state index < -0.39 is 0 Å². The molecule has 4 heteroatoms. The highest BCUT2D eigenvalue weighted by atomic mass is 35.5. The Bertz CT molecular complexity index is 308. The van der Waals surface area contributed by atoms with Crippen LogP contribution in [0.1, 0.15) is 31.2 Å². The van der Waals surface area contributed by atoms with Gasteiger partial charge >= 0.3 is 0 Å². The Labute approximate surface area is 123 Å². The molecule has 0 aliphatic carbocycles. The van der Waals surface area contributed by atoms with Crippen molar-refractivity contribution in [3.05, 3.63) is 29.8 Å². The number of hydrogen-bond acceptors (Lipinski definition) is 2. The van der Waals surface area contributed by atoms with Crippen molar-refractivity contribution in [2.24, 2.45) is 5.73 Å². The molecule has 0 unspecified atom stereocenters. The first-order valence-corrected chi connectivity index (χ1v) is 6.44. The molecule has 2 nitrogen and oxygen atoms in total. The summed E-state index contributed by atoms with van der Waals surface area (Å²) >= 11 is 0. The third-order valence-corrected chi connectivity index (χ3v) is 3.33. The van der Waals surface area contributed by atoms with Crippen molar-refractivity contribution < 1.29 is 0 Å². The van der Waals surface area contributed by atoms with Crippen LogP contribution in [0, 0.1) is 0 Å². The fourth-order valence-electron chi connectivity index (χ4n) is 2.33. The molecule has 1 aromatic carbocycles. The maximum atomic E-state index is 5.51. The standard InChI is InChI=1S/C14H22N2.2ClH/c15-10-4-5-13-6-8-14(9-7-13)16-11-2-1-3-12-16;;/h6-9H,1-5,10-12,15H2;2*1H. The van der Waals surface area contributed by atoms with Crippen LogP contribution in [0.2, 0.25) is 0 Å². The van der Waals surface area contributed by atoms with Crippen LogP contribution in [0.5, 0.6) is 0 Å². The number of nitrogens with zero attached hydrogens (tertiary/aromatic N) is 1. The van der Waals surface area contributed by atoms with E-state index >= 15 is 0 Å². The molecule has 1 aliphatic heterocycles. The van der Waals surface area contributed by atoms with E-state index in [0.717, 1.165) is 19.4 Å². The van der Waals surface area contributed by atoms with Crippen LogP contribution in [-0.2, 0) is 6.42 Å². The van der Waals surface area contributed by atoms with E-state index in [2.05, 4.69) is 29.2 Å². The second-order valence-corrected chi connectivity index (χ2v) is 4.61. The third kappa shape index (κ3) is 5.05. The van der Waals surface area contributed by atoms with E-state index in [4.69, 9.17) is 5.73 Å². The number of rotatable bonds is 4. The molecule has 0 bridgehead atoms. The molecule has 104 valence electrons. The largest absolute Gasteiger partial charge is 0.372 e. The second kappa shape index (κ2) is 9.48. The van der Waals surface area contributed by atoms with Gasteiger partial charge in [-0.2, -0.15) is 0 Å². The van der Waals surface area contributed by atoms with E-state index in [9.17, 15) is 0 Å². The first kappa shape index (κ1) is 17.6. The van der Waals surface area contributed by atoms with Crippen molar-refractivity contribution >= 4 is 30.5 Å². The summed E-state index contributed by atoms with van der Waals surface area (Å²) in [6.07, 6.45) is 6.27. The smallest absolute Gasteiger partial charge is 0.0366 e. The van der Waals surface area contributed by atoms with Gasteiger partial charge in [-0.1, -0.05) is 12.1 Å². The quantitative estimate of drug-likeness (QED) is 0.921. The Kier molecular flexibility index (Phi) is 9.25. The number of halogens is 2. The van der Waals surface area contributed by atoms with Crippen molar-refractivity contribution in [1.29, 1.82) is 0 Å². The minimum absolute atomic E-state index is 0. The lowest BCUT2D eigenvalue weighted by atomic mass is 10.1. The highest BCUT2D eigenvalue weighted by molar-refractivity contribution is 5.85. The summed E-state index contributed by atoms with van der Waals surface area (Å²) in [5.41, 5.74) is 8.31. The van der Waals surface area contributed by atoms with E-state index in [-0.39, 0.29) is 24.8 Å². The summed E-state index contributed by atoms with van der Waals surface area (Å²) in [5.74, 6) is 0.